The first-order valence-corrected chi connectivity index (χ1v) is 7.60. The molecule has 4 nitrogen and oxygen atoms in total. The molecule has 0 spiro atoms. The van der Waals surface area contributed by atoms with Crippen molar-refractivity contribution in [3.05, 3.63) is 59.9 Å². The maximum absolute atomic E-state index is 10.1. The average Bonchev–Trinajstić information content (AvgIpc) is 2.93. The van der Waals surface area contributed by atoms with Gasteiger partial charge in [0, 0.05) is 5.69 Å². The molecular weight excluding hydrogens is 276 g/mol. The molecule has 4 heteroatoms. The minimum Gasteiger partial charge on any atom is -0.388 e. The second-order valence-corrected chi connectivity index (χ2v) is 5.41. The Morgan fingerprint density at radius 1 is 1.09 bits per heavy atom. The van der Waals surface area contributed by atoms with Crippen LogP contribution in [0.4, 0.5) is 0 Å². The molecule has 0 saturated carbocycles. The van der Waals surface area contributed by atoms with Crippen LogP contribution in [0, 0.1) is 0 Å². The van der Waals surface area contributed by atoms with Crippen LogP contribution in [0.5, 0.6) is 0 Å². The van der Waals surface area contributed by atoms with Crippen molar-refractivity contribution < 1.29 is 10.2 Å². The van der Waals surface area contributed by atoms with Crippen LogP contribution in [-0.4, -0.2) is 19.8 Å². The Balaban J connectivity index is 2.04. The molecule has 0 aliphatic carbocycles. The predicted molar refractivity (Wildman–Crippen MR) is 86.9 cm³/mol. The van der Waals surface area contributed by atoms with Gasteiger partial charge in [0.2, 0.25) is 0 Å². The first-order chi connectivity index (χ1) is 10.7. The highest BCUT2D eigenvalue weighted by Crippen LogP contribution is 2.24. The third-order valence-corrected chi connectivity index (χ3v) is 3.87. The Morgan fingerprint density at radius 2 is 1.82 bits per heavy atom. The lowest BCUT2D eigenvalue weighted by Gasteiger charge is -2.12. The number of hydrogen-bond acceptors (Lipinski definition) is 3. The number of hydrogen-bond donors (Lipinski definition) is 2. The first-order valence-electron chi connectivity index (χ1n) is 7.60. The molecule has 3 rings (SSSR count). The summed E-state index contributed by atoms with van der Waals surface area (Å²) in [6, 6.07) is 15.6. The Bertz CT molecular complexity index is 762. The molecule has 114 valence electrons. The zero-order chi connectivity index (χ0) is 15.5. The average molecular weight is 296 g/mol. The summed E-state index contributed by atoms with van der Waals surface area (Å²) >= 11 is 0. The molecule has 0 fully saturated rings. The van der Waals surface area contributed by atoms with E-state index in [1.807, 2.05) is 53.1 Å². The van der Waals surface area contributed by atoms with E-state index in [0.717, 1.165) is 35.1 Å². The van der Waals surface area contributed by atoms with Gasteiger partial charge in [-0.2, -0.15) is 0 Å². The smallest absolute Gasteiger partial charge is 0.140 e. The van der Waals surface area contributed by atoms with E-state index in [1.54, 1.807) is 0 Å². The van der Waals surface area contributed by atoms with E-state index >= 15 is 0 Å². The summed E-state index contributed by atoms with van der Waals surface area (Å²) in [7, 11) is 0. The van der Waals surface area contributed by atoms with Gasteiger partial charge in [0.15, 0.2) is 0 Å². The van der Waals surface area contributed by atoms with Crippen molar-refractivity contribution in [3.8, 4) is 5.69 Å². The van der Waals surface area contributed by atoms with E-state index < -0.39 is 6.10 Å². The minimum atomic E-state index is -0.420. The lowest BCUT2D eigenvalue weighted by atomic mass is 10.1. The molecule has 0 aliphatic heterocycles. The summed E-state index contributed by atoms with van der Waals surface area (Å²) in [5, 5.41) is 19.6. The molecule has 1 aromatic heterocycles. The molecule has 22 heavy (non-hydrogen) atoms. The van der Waals surface area contributed by atoms with Crippen molar-refractivity contribution in [3.63, 3.8) is 0 Å². The number of aromatic nitrogens is 2. The molecular formula is C18H20N2O2. The fraction of sp³-hybridized carbons (Fsp3) is 0.278. The van der Waals surface area contributed by atoms with Crippen molar-refractivity contribution >= 4 is 11.0 Å². The monoisotopic (exact) mass is 296 g/mol. The van der Waals surface area contributed by atoms with E-state index in [9.17, 15) is 10.2 Å². The van der Waals surface area contributed by atoms with Crippen LogP contribution in [0.25, 0.3) is 16.7 Å². The Hall–Kier alpha value is -2.17. The molecule has 2 aromatic carbocycles. The first kappa shape index (κ1) is 14.8. The Kier molecular flexibility index (Phi) is 4.22. The number of para-hydroxylation sites is 2. The number of aliphatic hydroxyl groups excluding tert-OH is 2. The van der Waals surface area contributed by atoms with Gasteiger partial charge < -0.3 is 10.2 Å². The van der Waals surface area contributed by atoms with Crippen LogP contribution in [0.3, 0.4) is 0 Å². The van der Waals surface area contributed by atoms with Gasteiger partial charge in [-0.25, -0.2) is 4.98 Å². The topological polar surface area (TPSA) is 58.3 Å². The van der Waals surface area contributed by atoms with E-state index in [2.05, 4.69) is 11.9 Å². The number of nitrogens with zero attached hydrogens (tertiary/aromatic N) is 2. The van der Waals surface area contributed by atoms with E-state index in [1.165, 1.54) is 0 Å². The van der Waals surface area contributed by atoms with Crippen molar-refractivity contribution in [2.45, 2.75) is 32.5 Å². The standard InChI is InChI=1S/C18H20N2O2/c1-2-5-17(22)13-8-10-14(11-9-13)20-16-7-4-3-6-15(16)19-18(20)12-21/h3-4,6-11,17,21-22H,2,5,12H2,1H3/t17-/m1/s1. The van der Waals surface area contributed by atoms with E-state index in [-0.39, 0.29) is 6.61 Å². The highest BCUT2D eigenvalue weighted by Gasteiger charge is 2.12. The van der Waals surface area contributed by atoms with E-state index in [4.69, 9.17) is 0 Å². The molecule has 3 aromatic rings. The molecule has 1 heterocycles. The summed E-state index contributed by atoms with van der Waals surface area (Å²) < 4.78 is 1.95. The molecule has 0 bridgehead atoms. The maximum atomic E-state index is 10.1. The summed E-state index contributed by atoms with van der Waals surface area (Å²) in [5.74, 6) is 0.614. The largest absolute Gasteiger partial charge is 0.388 e. The van der Waals surface area contributed by atoms with Crippen molar-refractivity contribution in [2.24, 2.45) is 0 Å². The lowest BCUT2D eigenvalue weighted by Crippen LogP contribution is -2.02. The molecule has 0 saturated heterocycles. The van der Waals surface area contributed by atoms with Crippen molar-refractivity contribution in [1.29, 1.82) is 0 Å². The zero-order valence-electron chi connectivity index (χ0n) is 12.6. The molecule has 0 aliphatic rings. The van der Waals surface area contributed by atoms with Gasteiger partial charge in [0.05, 0.1) is 17.1 Å². The third-order valence-electron chi connectivity index (χ3n) is 3.87. The SMILES string of the molecule is CCC[C@@H](O)c1ccc(-n2c(CO)nc3ccccc32)cc1. The molecule has 0 amide bonds. The van der Waals surface area contributed by atoms with Gasteiger partial charge in [-0.3, -0.25) is 4.57 Å². The number of benzene rings is 2. The van der Waals surface area contributed by atoms with Crippen LogP contribution >= 0.6 is 0 Å². The second-order valence-electron chi connectivity index (χ2n) is 5.41. The van der Waals surface area contributed by atoms with Crippen LogP contribution < -0.4 is 0 Å². The van der Waals surface area contributed by atoms with Gasteiger partial charge in [0.1, 0.15) is 12.4 Å². The molecule has 2 N–H and O–H groups in total. The van der Waals surface area contributed by atoms with Gasteiger partial charge >= 0.3 is 0 Å². The summed E-state index contributed by atoms with van der Waals surface area (Å²) in [6.45, 7) is 1.94. The number of rotatable bonds is 5. The van der Waals surface area contributed by atoms with Crippen molar-refractivity contribution in [2.75, 3.05) is 0 Å². The van der Waals surface area contributed by atoms with Crippen LogP contribution in [0.15, 0.2) is 48.5 Å². The summed E-state index contributed by atoms with van der Waals surface area (Å²) in [6.07, 6.45) is 1.29. The van der Waals surface area contributed by atoms with E-state index in [0.29, 0.717) is 5.82 Å². The molecule has 1 atom stereocenters. The fourth-order valence-electron chi connectivity index (χ4n) is 2.76. The van der Waals surface area contributed by atoms with Gasteiger partial charge in [-0.15, -0.1) is 0 Å². The quantitative estimate of drug-likeness (QED) is 0.759. The molecule has 0 radical (unpaired) electrons. The second kappa shape index (κ2) is 6.30. The van der Waals surface area contributed by atoms with Crippen LogP contribution in [0.2, 0.25) is 0 Å². The normalized spacial score (nSPS) is 12.7. The van der Waals surface area contributed by atoms with Gasteiger partial charge in [0.25, 0.3) is 0 Å². The summed E-state index contributed by atoms with van der Waals surface area (Å²) in [5.41, 5.74) is 3.68. The number of imidazole rings is 1. The Labute approximate surface area is 129 Å². The Morgan fingerprint density at radius 3 is 2.50 bits per heavy atom. The zero-order valence-corrected chi connectivity index (χ0v) is 12.6. The van der Waals surface area contributed by atoms with Crippen LogP contribution in [-0.2, 0) is 6.61 Å². The van der Waals surface area contributed by atoms with Gasteiger partial charge in [-0.05, 0) is 36.2 Å². The highest BCUT2D eigenvalue weighted by molar-refractivity contribution is 5.78. The minimum absolute atomic E-state index is 0.116. The van der Waals surface area contributed by atoms with Gasteiger partial charge in [-0.1, -0.05) is 37.6 Å². The fourth-order valence-corrected chi connectivity index (χ4v) is 2.76. The summed E-state index contributed by atoms with van der Waals surface area (Å²) in [4.78, 5) is 4.46. The third kappa shape index (κ3) is 2.63. The van der Waals surface area contributed by atoms with Crippen molar-refractivity contribution in [1.82, 2.24) is 9.55 Å². The predicted octanol–water partition coefficient (Wildman–Crippen LogP) is 3.35. The molecule has 0 unspecified atom stereocenters. The maximum Gasteiger partial charge on any atom is 0.140 e. The van der Waals surface area contributed by atoms with Crippen LogP contribution in [0.1, 0.15) is 37.3 Å². The number of aliphatic hydroxyl groups is 2. The number of fused-ring (bicyclic) bond motifs is 1. The lowest BCUT2D eigenvalue weighted by molar-refractivity contribution is 0.166. The highest BCUT2D eigenvalue weighted by atomic mass is 16.3.